The molecule has 0 heterocycles. The number of carbonyl (C=O) groups is 1. The Kier molecular flexibility index (Phi) is 5.12. The van der Waals surface area contributed by atoms with E-state index in [9.17, 15) is 4.79 Å². The van der Waals surface area contributed by atoms with Crippen LogP contribution in [0.3, 0.4) is 0 Å². The van der Waals surface area contributed by atoms with Gasteiger partial charge in [-0.25, -0.2) is 4.79 Å². The quantitative estimate of drug-likeness (QED) is 0.714. The molecule has 6 heteroatoms. The lowest BCUT2D eigenvalue weighted by Gasteiger charge is -2.11. The summed E-state index contributed by atoms with van der Waals surface area (Å²) in [4.78, 5) is 11.2. The summed E-state index contributed by atoms with van der Waals surface area (Å²) in [6, 6.07) is 10.0. The molecule has 0 spiro atoms. The van der Waals surface area contributed by atoms with Crippen molar-refractivity contribution in [3.63, 3.8) is 0 Å². The lowest BCUT2D eigenvalue weighted by Crippen LogP contribution is -2.04. The van der Waals surface area contributed by atoms with Crippen molar-refractivity contribution >= 4 is 51.8 Å². The van der Waals surface area contributed by atoms with Gasteiger partial charge in [0.2, 0.25) is 0 Å². The number of aromatic carboxylic acids is 1. The molecule has 0 radical (unpaired) electrons. The molecule has 0 amide bonds. The molecule has 0 aliphatic carbocycles. The van der Waals surface area contributed by atoms with Crippen molar-refractivity contribution in [2.24, 2.45) is 0 Å². The molecule has 2 rings (SSSR count). The lowest BCUT2D eigenvalue weighted by atomic mass is 10.2. The maximum Gasteiger partial charge on any atom is 0.339 e. The molecule has 104 valence electrons. The Balaban J connectivity index is 2.23. The molecule has 0 aromatic heterocycles. The van der Waals surface area contributed by atoms with E-state index in [1.807, 2.05) is 22.6 Å². The Morgan fingerprint density at radius 1 is 1.20 bits per heavy atom. The predicted molar refractivity (Wildman–Crippen MR) is 86.9 cm³/mol. The maximum atomic E-state index is 11.2. The van der Waals surface area contributed by atoms with Gasteiger partial charge in [0.15, 0.2) is 0 Å². The molecule has 2 aromatic carbocycles. The van der Waals surface area contributed by atoms with Crippen molar-refractivity contribution in [2.45, 2.75) is 6.61 Å². The molecule has 1 N–H and O–H groups in total. The first kappa shape index (κ1) is 15.4. The topological polar surface area (TPSA) is 46.5 Å². The lowest BCUT2D eigenvalue weighted by molar-refractivity contribution is 0.0691. The molecular formula is C14H9Cl2IO3. The van der Waals surface area contributed by atoms with E-state index in [1.54, 1.807) is 36.4 Å². The average molecular weight is 423 g/mol. The molecule has 0 fully saturated rings. The monoisotopic (exact) mass is 422 g/mol. The number of benzene rings is 2. The number of ether oxygens (including phenoxy) is 1. The van der Waals surface area contributed by atoms with Crippen molar-refractivity contribution in [3.8, 4) is 5.75 Å². The van der Waals surface area contributed by atoms with Crippen LogP contribution in [0.4, 0.5) is 0 Å². The summed E-state index contributed by atoms with van der Waals surface area (Å²) < 4.78 is 6.38. The van der Waals surface area contributed by atoms with Crippen molar-refractivity contribution in [3.05, 3.63) is 61.1 Å². The molecule has 3 nitrogen and oxygen atoms in total. The molecule has 0 aliphatic rings. The van der Waals surface area contributed by atoms with E-state index in [4.69, 9.17) is 33.0 Å². The van der Waals surface area contributed by atoms with Gasteiger partial charge in [-0.05, 0) is 59.0 Å². The Bertz CT molecular complexity index is 659. The van der Waals surface area contributed by atoms with E-state index < -0.39 is 5.97 Å². The summed E-state index contributed by atoms with van der Waals surface area (Å²) in [5, 5.41) is 10.2. The number of hydrogen-bond donors (Lipinski definition) is 1. The minimum absolute atomic E-state index is 0.120. The van der Waals surface area contributed by atoms with E-state index in [0.29, 0.717) is 21.4 Å². The number of hydrogen-bond acceptors (Lipinski definition) is 2. The molecule has 20 heavy (non-hydrogen) atoms. The van der Waals surface area contributed by atoms with Crippen molar-refractivity contribution in [2.75, 3.05) is 0 Å². The number of carboxylic acid groups (broad SMARTS) is 1. The molecule has 0 aliphatic heterocycles. The standard InChI is InChI=1S/C14H9Cl2IO3/c15-9-1-3-12(16)8(5-9)7-20-13-4-2-10(17)6-11(13)14(18)19/h1-6H,7H2,(H,18,19). The number of halogens is 3. The number of rotatable bonds is 4. The summed E-state index contributed by atoms with van der Waals surface area (Å²) in [5.41, 5.74) is 0.823. The van der Waals surface area contributed by atoms with Gasteiger partial charge < -0.3 is 9.84 Å². The maximum absolute atomic E-state index is 11.2. The van der Waals surface area contributed by atoms with Crippen molar-refractivity contribution < 1.29 is 14.6 Å². The fourth-order valence-electron chi connectivity index (χ4n) is 1.60. The summed E-state index contributed by atoms with van der Waals surface area (Å²) >= 11 is 14.0. The van der Waals surface area contributed by atoms with E-state index in [0.717, 1.165) is 3.57 Å². The minimum atomic E-state index is -1.03. The highest BCUT2D eigenvalue weighted by molar-refractivity contribution is 14.1. The normalized spacial score (nSPS) is 10.3. The molecular weight excluding hydrogens is 414 g/mol. The van der Waals surface area contributed by atoms with Crippen LogP contribution in [-0.4, -0.2) is 11.1 Å². The van der Waals surface area contributed by atoms with Crippen LogP contribution >= 0.6 is 45.8 Å². The molecule has 0 unspecified atom stereocenters. The van der Waals surface area contributed by atoms with Crippen molar-refractivity contribution in [1.29, 1.82) is 0 Å². The Labute approximate surface area is 139 Å². The molecule has 2 aromatic rings. The van der Waals surface area contributed by atoms with Crippen LogP contribution in [-0.2, 0) is 6.61 Å². The zero-order valence-corrected chi connectivity index (χ0v) is 13.7. The van der Waals surface area contributed by atoms with E-state index >= 15 is 0 Å². The van der Waals surface area contributed by atoms with E-state index in [1.165, 1.54) is 0 Å². The highest BCUT2D eigenvalue weighted by Gasteiger charge is 2.12. The largest absolute Gasteiger partial charge is 0.488 e. The van der Waals surface area contributed by atoms with Gasteiger partial charge in [0.05, 0.1) is 0 Å². The second-order valence-corrected chi connectivity index (χ2v) is 6.06. The summed E-state index contributed by atoms with van der Waals surface area (Å²) in [5.74, 6) is -0.732. The average Bonchev–Trinajstić information content (AvgIpc) is 2.40. The Morgan fingerprint density at radius 3 is 2.65 bits per heavy atom. The van der Waals surface area contributed by atoms with Crippen LogP contribution in [0.1, 0.15) is 15.9 Å². The zero-order chi connectivity index (χ0) is 14.7. The fourth-order valence-corrected chi connectivity index (χ4v) is 2.46. The van der Waals surface area contributed by atoms with Crippen LogP contribution in [0.2, 0.25) is 10.0 Å². The van der Waals surface area contributed by atoms with Gasteiger partial charge >= 0.3 is 5.97 Å². The first-order chi connectivity index (χ1) is 9.47. The fraction of sp³-hybridized carbons (Fsp3) is 0.0714. The summed E-state index contributed by atoms with van der Waals surface area (Å²) in [6.07, 6.45) is 0. The van der Waals surface area contributed by atoms with Gasteiger partial charge in [-0.15, -0.1) is 0 Å². The van der Waals surface area contributed by atoms with Crippen LogP contribution < -0.4 is 4.74 Å². The van der Waals surface area contributed by atoms with Crippen LogP contribution in [0, 0.1) is 3.57 Å². The second kappa shape index (κ2) is 6.65. The van der Waals surface area contributed by atoms with Gasteiger partial charge in [-0.3, -0.25) is 0 Å². The van der Waals surface area contributed by atoms with Gasteiger partial charge in [0.1, 0.15) is 17.9 Å². The highest BCUT2D eigenvalue weighted by atomic mass is 127. The molecule has 0 saturated heterocycles. The second-order valence-electron chi connectivity index (χ2n) is 3.97. The summed E-state index contributed by atoms with van der Waals surface area (Å²) in [7, 11) is 0. The molecule has 0 bridgehead atoms. The molecule has 0 saturated carbocycles. The number of carboxylic acids is 1. The Hall–Kier alpha value is -0.980. The minimum Gasteiger partial charge on any atom is -0.488 e. The van der Waals surface area contributed by atoms with Gasteiger partial charge in [0.25, 0.3) is 0 Å². The predicted octanol–water partition coefficient (Wildman–Crippen LogP) is 4.88. The third-order valence-corrected chi connectivity index (χ3v) is 3.84. The van der Waals surface area contributed by atoms with Crippen molar-refractivity contribution in [1.82, 2.24) is 0 Å². The van der Waals surface area contributed by atoms with Gasteiger partial charge in [-0.2, -0.15) is 0 Å². The van der Waals surface area contributed by atoms with Crippen LogP contribution in [0.25, 0.3) is 0 Å². The third kappa shape index (κ3) is 3.77. The van der Waals surface area contributed by atoms with E-state index in [2.05, 4.69) is 0 Å². The van der Waals surface area contributed by atoms with E-state index in [-0.39, 0.29) is 12.2 Å². The third-order valence-electron chi connectivity index (χ3n) is 2.56. The smallest absolute Gasteiger partial charge is 0.339 e. The first-order valence-corrected chi connectivity index (χ1v) is 7.40. The zero-order valence-electron chi connectivity index (χ0n) is 10.1. The van der Waals surface area contributed by atoms with Gasteiger partial charge in [-0.1, -0.05) is 23.2 Å². The first-order valence-electron chi connectivity index (χ1n) is 5.57. The Morgan fingerprint density at radius 2 is 1.95 bits per heavy atom. The van der Waals surface area contributed by atoms with Crippen LogP contribution in [0.5, 0.6) is 5.75 Å². The summed E-state index contributed by atoms with van der Waals surface area (Å²) in [6.45, 7) is 0.153. The molecule has 0 atom stereocenters. The van der Waals surface area contributed by atoms with Crippen LogP contribution in [0.15, 0.2) is 36.4 Å². The van der Waals surface area contributed by atoms with Gasteiger partial charge in [0, 0.05) is 19.2 Å². The highest BCUT2D eigenvalue weighted by Crippen LogP contribution is 2.25. The SMILES string of the molecule is O=C(O)c1cc(I)ccc1OCc1cc(Cl)ccc1Cl.